The van der Waals surface area contributed by atoms with Crippen molar-refractivity contribution in [1.82, 2.24) is 24.5 Å². The highest BCUT2D eigenvalue weighted by Crippen LogP contribution is 2.36. The van der Waals surface area contributed by atoms with Crippen molar-refractivity contribution in [2.24, 2.45) is 0 Å². The van der Waals surface area contributed by atoms with Crippen LogP contribution in [-0.2, 0) is 6.54 Å². The molecule has 0 spiro atoms. The predicted octanol–water partition coefficient (Wildman–Crippen LogP) is 6.39. The Balaban J connectivity index is 1.25. The minimum absolute atomic E-state index is 0.644. The molecule has 0 bridgehead atoms. The molecule has 6 nitrogen and oxygen atoms in total. The first kappa shape index (κ1) is 20.6. The second-order valence-corrected chi connectivity index (χ2v) is 9.19. The van der Waals surface area contributed by atoms with E-state index in [-0.39, 0.29) is 0 Å². The molecule has 0 aliphatic rings. The van der Waals surface area contributed by atoms with Gasteiger partial charge in [-0.25, -0.2) is 9.67 Å². The van der Waals surface area contributed by atoms with E-state index in [9.17, 15) is 0 Å². The lowest BCUT2D eigenvalue weighted by atomic mass is 9.92. The average Bonchev–Trinajstić information content (AvgIpc) is 3.57. The van der Waals surface area contributed by atoms with Gasteiger partial charge in [-0.3, -0.25) is 0 Å². The molecular formula is C30H23N5O. The number of ether oxygens (including phenoxy) is 1. The van der Waals surface area contributed by atoms with Crippen molar-refractivity contribution in [3.63, 3.8) is 0 Å². The van der Waals surface area contributed by atoms with Gasteiger partial charge >= 0.3 is 0 Å². The van der Waals surface area contributed by atoms with E-state index < -0.39 is 0 Å². The molecule has 2 heterocycles. The molecule has 7 aromatic rings. The molecule has 0 aliphatic carbocycles. The number of imidazole rings is 1. The molecule has 0 atom stereocenters. The van der Waals surface area contributed by atoms with Crippen LogP contribution in [0.5, 0.6) is 5.75 Å². The Bertz CT molecular complexity index is 1860. The van der Waals surface area contributed by atoms with Crippen LogP contribution in [0.25, 0.3) is 49.3 Å². The first-order valence-electron chi connectivity index (χ1n) is 11.9. The van der Waals surface area contributed by atoms with Gasteiger partial charge in [0, 0.05) is 11.8 Å². The van der Waals surface area contributed by atoms with Crippen LogP contribution in [0, 0.1) is 6.92 Å². The first-order valence-corrected chi connectivity index (χ1v) is 11.9. The third-order valence-corrected chi connectivity index (χ3v) is 6.96. The molecule has 0 saturated carbocycles. The van der Waals surface area contributed by atoms with Crippen molar-refractivity contribution in [2.45, 2.75) is 13.5 Å². The number of aromatic nitrogens is 5. The number of methoxy groups -OCH3 is 1. The van der Waals surface area contributed by atoms with Crippen LogP contribution in [0.15, 0.2) is 91.5 Å². The monoisotopic (exact) mass is 469 g/mol. The van der Waals surface area contributed by atoms with E-state index in [1.165, 1.54) is 37.9 Å². The Morgan fingerprint density at radius 2 is 1.61 bits per heavy atom. The van der Waals surface area contributed by atoms with E-state index in [0.717, 1.165) is 28.4 Å². The van der Waals surface area contributed by atoms with Gasteiger partial charge in [0.1, 0.15) is 11.4 Å². The van der Waals surface area contributed by atoms with Crippen LogP contribution >= 0.6 is 0 Å². The SMILES string of the molecule is COc1cc(-c2cn(Cc3ccc4ccc5cccc6ccc3c4c56)nn2)ccc1-n1cnc(C)c1. The fourth-order valence-corrected chi connectivity index (χ4v) is 5.22. The standard InChI is InChI=1S/C30H23N5O/c1-19-15-34(18-31-19)27-13-11-23(14-28(27)36-2)26-17-35(33-32-26)16-24-9-8-22-7-6-20-4-3-5-21-10-12-25(24)30(22)29(20)21/h3-15,17-18H,16H2,1-2H3. The highest BCUT2D eigenvalue weighted by molar-refractivity contribution is 6.23. The maximum atomic E-state index is 5.67. The second kappa shape index (κ2) is 7.92. The first-order chi connectivity index (χ1) is 17.7. The Morgan fingerprint density at radius 3 is 2.39 bits per heavy atom. The van der Waals surface area contributed by atoms with E-state index in [4.69, 9.17) is 4.74 Å². The quantitative estimate of drug-likeness (QED) is 0.274. The minimum atomic E-state index is 0.644. The summed E-state index contributed by atoms with van der Waals surface area (Å²) in [5.74, 6) is 0.756. The van der Waals surface area contributed by atoms with Gasteiger partial charge in [-0.2, -0.15) is 0 Å². The number of hydrogen-bond donors (Lipinski definition) is 0. The molecule has 0 saturated heterocycles. The summed E-state index contributed by atoms with van der Waals surface area (Å²) in [6, 6.07) is 25.8. The number of benzene rings is 5. The highest BCUT2D eigenvalue weighted by Gasteiger charge is 2.14. The predicted molar refractivity (Wildman–Crippen MR) is 143 cm³/mol. The topological polar surface area (TPSA) is 57.8 Å². The molecule has 174 valence electrons. The largest absolute Gasteiger partial charge is 0.495 e. The van der Waals surface area contributed by atoms with Gasteiger partial charge in [0.2, 0.25) is 0 Å². The van der Waals surface area contributed by atoms with Crippen LogP contribution in [-0.4, -0.2) is 31.7 Å². The van der Waals surface area contributed by atoms with Crippen LogP contribution < -0.4 is 4.74 Å². The summed E-state index contributed by atoms with van der Waals surface area (Å²) in [6.45, 7) is 2.61. The Morgan fingerprint density at radius 1 is 0.833 bits per heavy atom. The molecule has 0 N–H and O–H groups in total. The lowest BCUT2D eigenvalue weighted by Crippen LogP contribution is -2.01. The maximum Gasteiger partial charge on any atom is 0.143 e. The van der Waals surface area contributed by atoms with E-state index in [1.54, 1.807) is 13.4 Å². The molecule has 0 unspecified atom stereocenters. The zero-order chi connectivity index (χ0) is 24.2. The zero-order valence-corrected chi connectivity index (χ0v) is 20.0. The molecule has 7 rings (SSSR count). The number of nitrogens with zero attached hydrogens (tertiary/aromatic N) is 5. The van der Waals surface area contributed by atoms with Gasteiger partial charge in [0.05, 0.1) is 37.6 Å². The van der Waals surface area contributed by atoms with Crippen molar-refractivity contribution in [1.29, 1.82) is 0 Å². The van der Waals surface area contributed by atoms with Gasteiger partial charge in [0.15, 0.2) is 0 Å². The number of hydrogen-bond acceptors (Lipinski definition) is 4. The van der Waals surface area contributed by atoms with E-state index in [2.05, 4.69) is 69.9 Å². The van der Waals surface area contributed by atoms with Gasteiger partial charge in [-0.1, -0.05) is 65.9 Å². The molecule has 0 fully saturated rings. The summed E-state index contributed by atoms with van der Waals surface area (Å²) in [7, 11) is 1.68. The lowest BCUT2D eigenvalue weighted by molar-refractivity contribution is 0.413. The Hall–Kier alpha value is -4.71. The summed E-state index contributed by atoms with van der Waals surface area (Å²) in [5.41, 5.74) is 4.87. The third kappa shape index (κ3) is 3.22. The highest BCUT2D eigenvalue weighted by atomic mass is 16.5. The molecule has 6 heteroatoms. The summed E-state index contributed by atoms with van der Waals surface area (Å²) >= 11 is 0. The van der Waals surface area contributed by atoms with Crippen LogP contribution in [0.2, 0.25) is 0 Å². The zero-order valence-electron chi connectivity index (χ0n) is 20.0. The molecular weight excluding hydrogens is 446 g/mol. The Kier molecular flexibility index (Phi) is 4.54. The summed E-state index contributed by atoms with van der Waals surface area (Å²) < 4.78 is 9.54. The maximum absolute atomic E-state index is 5.67. The van der Waals surface area contributed by atoms with Gasteiger partial charge < -0.3 is 9.30 Å². The molecule has 0 amide bonds. The molecule has 36 heavy (non-hydrogen) atoms. The Labute approximate surface area is 207 Å². The van der Waals surface area contributed by atoms with E-state index >= 15 is 0 Å². The van der Waals surface area contributed by atoms with Crippen molar-refractivity contribution < 1.29 is 4.74 Å². The smallest absolute Gasteiger partial charge is 0.143 e. The van der Waals surface area contributed by atoms with Gasteiger partial charge in [0.25, 0.3) is 0 Å². The molecule has 0 radical (unpaired) electrons. The summed E-state index contributed by atoms with van der Waals surface area (Å²) in [4.78, 5) is 4.32. The van der Waals surface area contributed by atoms with Gasteiger partial charge in [-0.15, -0.1) is 5.10 Å². The molecule has 5 aromatic carbocycles. The van der Waals surface area contributed by atoms with Crippen molar-refractivity contribution >= 4 is 32.3 Å². The lowest BCUT2D eigenvalue weighted by Gasteiger charge is -2.13. The second-order valence-electron chi connectivity index (χ2n) is 9.19. The van der Waals surface area contributed by atoms with Crippen molar-refractivity contribution in [3.8, 4) is 22.7 Å². The minimum Gasteiger partial charge on any atom is -0.495 e. The summed E-state index contributed by atoms with van der Waals surface area (Å²) in [5, 5.41) is 16.6. The molecule has 0 aliphatic heterocycles. The normalized spacial score (nSPS) is 11.7. The average molecular weight is 470 g/mol. The molecule has 2 aromatic heterocycles. The fourth-order valence-electron chi connectivity index (χ4n) is 5.22. The van der Waals surface area contributed by atoms with Crippen molar-refractivity contribution in [3.05, 3.63) is 103 Å². The number of aryl methyl sites for hydroxylation is 1. The van der Waals surface area contributed by atoms with E-state index in [1.807, 2.05) is 46.8 Å². The van der Waals surface area contributed by atoms with E-state index in [0.29, 0.717) is 6.54 Å². The van der Waals surface area contributed by atoms with Crippen LogP contribution in [0.3, 0.4) is 0 Å². The van der Waals surface area contributed by atoms with Crippen LogP contribution in [0.1, 0.15) is 11.3 Å². The van der Waals surface area contributed by atoms with Gasteiger partial charge in [-0.05, 0) is 56.9 Å². The number of rotatable bonds is 5. The fraction of sp³-hybridized carbons (Fsp3) is 0.100. The van der Waals surface area contributed by atoms with Crippen LogP contribution in [0.4, 0.5) is 0 Å². The van der Waals surface area contributed by atoms with Crippen molar-refractivity contribution in [2.75, 3.05) is 7.11 Å². The summed E-state index contributed by atoms with van der Waals surface area (Å²) in [6.07, 6.45) is 5.76. The third-order valence-electron chi connectivity index (χ3n) is 6.96.